The lowest BCUT2D eigenvalue weighted by molar-refractivity contribution is 0.440. The minimum atomic E-state index is -0.106. The van der Waals surface area contributed by atoms with E-state index in [2.05, 4.69) is 5.32 Å². The second-order valence-electron chi connectivity index (χ2n) is 4.32. The molecule has 1 heterocycles. The van der Waals surface area contributed by atoms with Gasteiger partial charge in [0.1, 0.15) is 5.82 Å². The summed E-state index contributed by atoms with van der Waals surface area (Å²) in [6.07, 6.45) is 2.48. The standard InChI is InChI=1S/C13H18FNS/c1-10(12-6-2-3-7-13(12)14)15-11-5-4-8-16-9-11/h2-3,6-7,10-11,15H,4-5,8-9H2,1H3. The molecule has 1 fully saturated rings. The zero-order chi connectivity index (χ0) is 11.4. The van der Waals surface area contributed by atoms with Crippen LogP contribution in [-0.2, 0) is 0 Å². The average Bonchev–Trinajstić information content (AvgIpc) is 2.31. The van der Waals surface area contributed by atoms with Gasteiger partial charge >= 0.3 is 0 Å². The minimum absolute atomic E-state index is 0.102. The van der Waals surface area contributed by atoms with Crippen molar-refractivity contribution in [3.8, 4) is 0 Å². The van der Waals surface area contributed by atoms with Gasteiger partial charge in [-0.15, -0.1) is 0 Å². The highest BCUT2D eigenvalue weighted by molar-refractivity contribution is 7.99. The fraction of sp³-hybridized carbons (Fsp3) is 0.538. The summed E-state index contributed by atoms with van der Waals surface area (Å²) < 4.78 is 13.5. The Kier molecular flexibility index (Phi) is 4.24. The van der Waals surface area contributed by atoms with Crippen LogP contribution < -0.4 is 5.32 Å². The molecule has 2 rings (SSSR count). The van der Waals surface area contributed by atoms with Gasteiger partial charge in [0.05, 0.1) is 0 Å². The van der Waals surface area contributed by atoms with Crippen molar-refractivity contribution in [2.45, 2.75) is 31.8 Å². The molecule has 1 aliphatic rings. The first-order valence-corrected chi connectivity index (χ1v) is 7.01. The molecule has 2 atom stereocenters. The van der Waals surface area contributed by atoms with Crippen molar-refractivity contribution in [1.82, 2.24) is 5.32 Å². The van der Waals surface area contributed by atoms with Crippen LogP contribution in [0.5, 0.6) is 0 Å². The summed E-state index contributed by atoms with van der Waals surface area (Å²) in [6, 6.07) is 7.67. The Balaban J connectivity index is 1.96. The third kappa shape index (κ3) is 2.98. The van der Waals surface area contributed by atoms with Crippen molar-refractivity contribution in [2.75, 3.05) is 11.5 Å². The van der Waals surface area contributed by atoms with Crippen LogP contribution in [0, 0.1) is 5.82 Å². The summed E-state index contributed by atoms with van der Waals surface area (Å²) in [5.74, 6) is 2.32. The normalized spacial score (nSPS) is 23.0. The van der Waals surface area contributed by atoms with E-state index in [0.717, 1.165) is 11.3 Å². The van der Waals surface area contributed by atoms with Crippen LogP contribution in [0.3, 0.4) is 0 Å². The first kappa shape index (κ1) is 11.9. The SMILES string of the molecule is CC(NC1CCCSC1)c1ccccc1F. The van der Waals surface area contributed by atoms with Gasteiger partial charge in [0.25, 0.3) is 0 Å². The molecular formula is C13H18FNS. The molecule has 16 heavy (non-hydrogen) atoms. The Morgan fingerprint density at radius 2 is 2.25 bits per heavy atom. The van der Waals surface area contributed by atoms with Crippen LogP contribution in [0.1, 0.15) is 31.4 Å². The predicted octanol–water partition coefficient (Wildman–Crippen LogP) is 3.37. The molecule has 1 nitrogen and oxygen atoms in total. The van der Waals surface area contributed by atoms with E-state index in [1.54, 1.807) is 6.07 Å². The molecule has 1 aromatic carbocycles. The average molecular weight is 239 g/mol. The van der Waals surface area contributed by atoms with E-state index in [1.807, 2.05) is 30.8 Å². The van der Waals surface area contributed by atoms with Crippen LogP contribution in [0.2, 0.25) is 0 Å². The highest BCUT2D eigenvalue weighted by atomic mass is 32.2. The predicted molar refractivity (Wildman–Crippen MR) is 68.3 cm³/mol. The molecule has 1 aromatic rings. The molecule has 0 aromatic heterocycles. The van der Waals surface area contributed by atoms with Crippen molar-refractivity contribution >= 4 is 11.8 Å². The van der Waals surface area contributed by atoms with Gasteiger partial charge < -0.3 is 5.32 Å². The molecule has 1 saturated heterocycles. The van der Waals surface area contributed by atoms with Crippen LogP contribution in [0.25, 0.3) is 0 Å². The van der Waals surface area contributed by atoms with Crippen molar-refractivity contribution < 1.29 is 4.39 Å². The van der Waals surface area contributed by atoms with Crippen molar-refractivity contribution in [2.24, 2.45) is 0 Å². The van der Waals surface area contributed by atoms with Gasteiger partial charge in [-0.05, 0) is 31.6 Å². The highest BCUT2D eigenvalue weighted by Crippen LogP contribution is 2.22. The van der Waals surface area contributed by atoms with Crippen LogP contribution >= 0.6 is 11.8 Å². The summed E-state index contributed by atoms with van der Waals surface area (Å²) in [5, 5.41) is 3.52. The van der Waals surface area contributed by atoms with Crippen LogP contribution in [0.4, 0.5) is 4.39 Å². The maximum atomic E-state index is 13.5. The van der Waals surface area contributed by atoms with Gasteiger partial charge in [-0.25, -0.2) is 4.39 Å². The summed E-state index contributed by atoms with van der Waals surface area (Å²) in [5.41, 5.74) is 0.776. The molecule has 1 aliphatic heterocycles. The maximum Gasteiger partial charge on any atom is 0.127 e. The topological polar surface area (TPSA) is 12.0 Å². The van der Waals surface area contributed by atoms with E-state index in [4.69, 9.17) is 0 Å². The number of thioether (sulfide) groups is 1. The number of halogens is 1. The zero-order valence-electron chi connectivity index (χ0n) is 9.58. The van der Waals surface area contributed by atoms with E-state index in [9.17, 15) is 4.39 Å². The third-order valence-electron chi connectivity index (χ3n) is 3.02. The second-order valence-corrected chi connectivity index (χ2v) is 5.47. The first-order valence-electron chi connectivity index (χ1n) is 5.85. The number of rotatable bonds is 3. The lowest BCUT2D eigenvalue weighted by atomic mass is 10.1. The zero-order valence-corrected chi connectivity index (χ0v) is 10.4. The smallest absolute Gasteiger partial charge is 0.127 e. The molecule has 1 N–H and O–H groups in total. The number of hydrogen-bond donors (Lipinski definition) is 1. The van der Waals surface area contributed by atoms with Crippen molar-refractivity contribution in [3.63, 3.8) is 0 Å². The Morgan fingerprint density at radius 1 is 1.44 bits per heavy atom. The number of benzene rings is 1. The van der Waals surface area contributed by atoms with Crippen LogP contribution in [-0.4, -0.2) is 17.5 Å². The fourth-order valence-electron chi connectivity index (χ4n) is 2.14. The first-order chi connectivity index (χ1) is 7.77. The third-order valence-corrected chi connectivity index (χ3v) is 4.23. The Hall–Kier alpha value is -0.540. The van der Waals surface area contributed by atoms with E-state index in [-0.39, 0.29) is 11.9 Å². The fourth-order valence-corrected chi connectivity index (χ4v) is 3.23. The van der Waals surface area contributed by atoms with Crippen LogP contribution in [0.15, 0.2) is 24.3 Å². The largest absolute Gasteiger partial charge is 0.307 e. The molecule has 0 aliphatic carbocycles. The van der Waals surface area contributed by atoms with E-state index in [0.29, 0.717) is 6.04 Å². The summed E-state index contributed by atoms with van der Waals surface area (Å²) >= 11 is 1.99. The minimum Gasteiger partial charge on any atom is -0.307 e. The van der Waals surface area contributed by atoms with Gasteiger partial charge in [-0.1, -0.05) is 18.2 Å². The maximum absolute atomic E-state index is 13.5. The van der Waals surface area contributed by atoms with Gasteiger partial charge in [0, 0.05) is 23.4 Å². The second kappa shape index (κ2) is 5.69. The molecule has 0 saturated carbocycles. The van der Waals surface area contributed by atoms with E-state index < -0.39 is 0 Å². The Morgan fingerprint density at radius 3 is 2.94 bits per heavy atom. The van der Waals surface area contributed by atoms with Gasteiger partial charge in [-0.3, -0.25) is 0 Å². The molecule has 0 spiro atoms. The van der Waals surface area contributed by atoms with Gasteiger partial charge in [-0.2, -0.15) is 11.8 Å². The van der Waals surface area contributed by atoms with E-state index in [1.165, 1.54) is 24.7 Å². The molecule has 88 valence electrons. The number of hydrogen-bond acceptors (Lipinski definition) is 2. The lowest BCUT2D eigenvalue weighted by Gasteiger charge is -2.26. The highest BCUT2D eigenvalue weighted by Gasteiger charge is 2.17. The van der Waals surface area contributed by atoms with E-state index >= 15 is 0 Å². The number of nitrogens with one attached hydrogen (secondary N) is 1. The molecule has 0 radical (unpaired) electrons. The molecule has 3 heteroatoms. The van der Waals surface area contributed by atoms with Crippen molar-refractivity contribution in [1.29, 1.82) is 0 Å². The molecule has 2 unspecified atom stereocenters. The monoisotopic (exact) mass is 239 g/mol. The summed E-state index contributed by atoms with van der Waals surface area (Å²) in [4.78, 5) is 0. The molecule has 0 bridgehead atoms. The summed E-state index contributed by atoms with van der Waals surface area (Å²) in [6.45, 7) is 2.04. The Bertz CT molecular complexity index is 336. The van der Waals surface area contributed by atoms with Gasteiger partial charge in [0.2, 0.25) is 0 Å². The quantitative estimate of drug-likeness (QED) is 0.868. The summed E-state index contributed by atoms with van der Waals surface area (Å²) in [7, 11) is 0. The van der Waals surface area contributed by atoms with Gasteiger partial charge in [0.15, 0.2) is 0 Å². The van der Waals surface area contributed by atoms with Crippen molar-refractivity contribution in [3.05, 3.63) is 35.6 Å². The molecular weight excluding hydrogens is 221 g/mol. The molecule has 0 amide bonds. The lowest BCUT2D eigenvalue weighted by Crippen LogP contribution is -2.35. The Labute approximate surface area is 101 Å².